The summed E-state index contributed by atoms with van der Waals surface area (Å²) < 4.78 is 0. The van der Waals surface area contributed by atoms with Crippen LogP contribution in [-0.4, -0.2) is 38.9 Å². The fourth-order valence-corrected chi connectivity index (χ4v) is 3.64. The van der Waals surface area contributed by atoms with Crippen LogP contribution in [0.25, 0.3) is 17.0 Å². The number of halogens is 1. The van der Waals surface area contributed by atoms with E-state index in [1.54, 1.807) is 26.8 Å². The van der Waals surface area contributed by atoms with Crippen molar-refractivity contribution in [3.8, 4) is 0 Å². The Hall–Kier alpha value is -2.57. The van der Waals surface area contributed by atoms with E-state index in [9.17, 15) is 14.7 Å². The molecule has 7 heteroatoms. The number of hydrogen-bond donors (Lipinski definition) is 4. The predicted octanol–water partition coefficient (Wildman–Crippen LogP) is 3.53. The number of benzene rings is 1. The van der Waals surface area contributed by atoms with Gasteiger partial charge in [-0.25, -0.2) is 0 Å². The molecule has 1 saturated heterocycles. The van der Waals surface area contributed by atoms with E-state index >= 15 is 0 Å². The molecule has 0 radical (unpaired) electrons. The molecule has 0 unspecified atom stereocenters. The SMILES string of the molecule is C=CC(C)(C)c1[nH]c2c(C[C@@H](O)C(C)(C)Cl)cccc2c1/C=C1\NC(=O)[C@H](C)NC1=O. The molecule has 2 amide bonds. The first-order valence-corrected chi connectivity index (χ1v) is 10.7. The highest BCUT2D eigenvalue weighted by Crippen LogP contribution is 2.36. The maximum absolute atomic E-state index is 12.5. The fourth-order valence-electron chi connectivity index (χ4n) is 3.56. The van der Waals surface area contributed by atoms with Crippen LogP contribution in [-0.2, 0) is 21.4 Å². The molecule has 1 aromatic heterocycles. The number of H-pyrrole nitrogens is 1. The van der Waals surface area contributed by atoms with Crippen LogP contribution in [0.2, 0.25) is 0 Å². The molecule has 0 saturated carbocycles. The minimum absolute atomic E-state index is 0.192. The molecule has 1 aliphatic heterocycles. The molecule has 2 heterocycles. The Labute approximate surface area is 187 Å². The van der Waals surface area contributed by atoms with Crippen molar-refractivity contribution in [2.24, 2.45) is 0 Å². The summed E-state index contributed by atoms with van der Waals surface area (Å²) in [5.74, 6) is -0.595. The van der Waals surface area contributed by atoms with Crippen LogP contribution in [0.3, 0.4) is 0 Å². The van der Waals surface area contributed by atoms with Gasteiger partial charge in [0.25, 0.3) is 5.91 Å². The number of fused-ring (bicyclic) bond motifs is 1. The first-order valence-electron chi connectivity index (χ1n) is 10.3. The van der Waals surface area contributed by atoms with Gasteiger partial charge in [0.05, 0.1) is 11.0 Å². The number of para-hydroxylation sites is 1. The zero-order valence-corrected chi connectivity index (χ0v) is 19.4. The summed E-state index contributed by atoms with van der Waals surface area (Å²) in [6, 6.07) is 5.23. The highest BCUT2D eigenvalue weighted by Gasteiger charge is 2.30. The molecule has 3 rings (SSSR count). The number of piperazine rings is 1. The lowest BCUT2D eigenvalue weighted by Crippen LogP contribution is -2.53. The zero-order valence-electron chi connectivity index (χ0n) is 18.6. The first-order chi connectivity index (χ1) is 14.3. The van der Waals surface area contributed by atoms with Crippen LogP contribution >= 0.6 is 11.6 Å². The topological polar surface area (TPSA) is 94.2 Å². The van der Waals surface area contributed by atoms with Gasteiger partial charge in [-0.2, -0.15) is 0 Å². The normalized spacial score (nSPS) is 20.0. The summed E-state index contributed by atoms with van der Waals surface area (Å²) in [7, 11) is 0. The maximum atomic E-state index is 12.5. The second-order valence-corrected chi connectivity index (χ2v) is 10.2. The van der Waals surface area contributed by atoms with E-state index in [2.05, 4.69) is 22.2 Å². The lowest BCUT2D eigenvalue weighted by molar-refractivity contribution is -0.130. The van der Waals surface area contributed by atoms with Crippen molar-refractivity contribution in [3.05, 3.63) is 53.4 Å². The van der Waals surface area contributed by atoms with Crippen LogP contribution in [0.1, 0.15) is 51.4 Å². The van der Waals surface area contributed by atoms with Crippen molar-refractivity contribution in [3.63, 3.8) is 0 Å². The van der Waals surface area contributed by atoms with Gasteiger partial charge in [0.1, 0.15) is 11.7 Å². The third-order valence-electron chi connectivity index (χ3n) is 5.85. The first kappa shape index (κ1) is 23.1. The minimum atomic E-state index is -0.774. The van der Waals surface area contributed by atoms with Crippen LogP contribution in [0.5, 0.6) is 0 Å². The van der Waals surface area contributed by atoms with Crippen LogP contribution in [0, 0.1) is 0 Å². The number of carbonyl (C=O) groups is 2. The highest BCUT2D eigenvalue weighted by atomic mass is 35.5. The molecule has 1 aromatic carbocycles. The van der Waals surface area contributed by atoms with E-state index in [4.69, 9.17) is 11.6 Å². The van der Waals surface area contributed by atoms with Crippen LogP contribution < -0.4 is 10.6 Å². The Morgan fingerprint density at radius 3 is 2.55 bits per heavy atom. The number of amides is 2. The van der Waals surface area contributed by atoms with Gasteiger partial charge in [-0.1, -0.05) is 38.1 Å². The Morgan fingerprint density at radius 2 is 1.94 bits per heavy atom. The summed E-state index contributed by atoms with van der Waals surface area (Å²) in [6.07, 6.45) is 3.15. The third kappa shape index (κ3) is 4.55. The van der Waals surface area contributed by atoms with Gasteiger partial charge in [0.2, 0.25) is 5.91 Å². The predicted molar refractivity (Wildman–Crippen MR) is 125 cm³/mol. The Bertz CT molecular complexity index is 1080. The van der Waals surface area contributed by atoms with Crippen molar-refractivity contribution in [1.29, 1.82) is 0 Å². The van der Waals surface area contributed by atoms with Gasteiger partial charge >= 0.3 is 0 Å². The zero-order chi connectivity index (χ0) is 23.1. The standard InChI is InChI=1S/C24H30ClN3O3/c1-7-23(3,4)20-16(12-17-22(31)26-13(2)21(30)27-17)15-10-8-9-14(19(15)28-20)11-18(29)24(5,6)25/h7-10,12-13,18,28-29H,1,11H2,2-6H3,(H,26,31)(H,27,30)/b17-12-/t13-,18+/m0/s1. The van der Waals surface area contributed by atoms with Crippen molar-refractivity contribution in [1.82, 2.24) is 15.6 Å². The molecule has 2 aromatic rings. The number of aromatic nitrogens is 1. The number of hydrogen-bond acceptors (Lipinski definition) is 3. The minimum Gasteiger partial charge on any atom is -0.391 e. The molecule has 4 N–H and O–H groups in total. The van der Waals surface area contributed by atoms with Gasteiger partial charge in [0.15, 0.2) is 0 Å². The molecule has 166 valence electrons. The molecular weight excluding hydrogens is 414 g/mol. The number of aromatic amines is 1. The summed E-state index contributed by atoms with van der Waals surface area (Å²) in [6.45, 7) is 13.2. The molecule has 0 aliphatic carbocycles. The average Bonchev–Trinajstić information content (AvgIpc) is 3.05. The van der Waals surface area contributed by atoms with Gasteiger partial charge in [0, 0.05) is 34.0 Å². The lowest BCUT2D eigenvalue weighted by atomic mass is 9.86. The largest absolute Gasteiger partial charge is 0.391 e. The molecule has 2 atom stereocenters. The quantitative estimate of drug-likeness (QED) is 0.312. The number of aliphatic hydroxyl groups excluding tert-OH is 1. The van der Waals surface area contributed by atoms with Gasteiger partial charge < -0.3 is 20.7 Å². The van der Waals surface area contributed by atoms with E-state index in [1.807, 2.05) is 38.1 Å². The number of allylic oxidation sites excluding steroid dienone is 1. The third-order valence-corrected chi connectivity index (χ3v) is 6.10. The second kappa shape index (κ2) is 8.17. The molecule has 1 fully saturated rings. The fraction of sp³-hybridized carbons (Fsp3) is 0.417. The van der Waals surface area contributed by atoms with Crippen molar-refractivity contribution >= 4 is 40.4 Å². The molecule has 31 heavy (non-hydrogen) atoms. The van der Waals surface area contributed by atoms with E-state index in [0.717, 1.165) is 27.7 Å². The molecule has 1 aliphatic rings. The molecule has 0 spiro atoms. The van der Waals surface area contributed by atoms with Gasteiger partial charge in [-0.15, -0.1) is 18.2 Å². The Kier molecular flexibility index (Phi) is 6.09. The van der Waals surface area contributed by atoms with Crippen LogP contribution in [0.4, 0.5) is 0 Å². The number of carbonyl (C=O) groups excluding carboxylic acids is 2. The summed E-state index contributed by atoms with van der Waals surface area (Å²) in [5.41, 5.74) is 3.18. The Balaban J connectivity index is 2.20. The van der Waals surface area contributed by atoms with Crippen molar-refractivity contribution in [2.75, 3.05) is 0 Å². The van der Waals surface area contributed by atoms with Crippen LogP contribution in [0.15, 0.2) is 36.6 Å². The second-order valence-electron chi connectivity index (χ2n) is 9.21. The average molecular weight is 444 g/mol. The number of rotatable bonds is 6. The summed E-state index contributed by atoms with van der Waals surface area (Å²) in [5, 5.41) is 16.8. The number of aliphatic hydroxyl groups is 1. The van der Waals surface area contributed by atoms with Gasteiger partial charge in [-0.05, 0) is 32.4 Å². The molecular formula is C24H30ClN3O3. The maximum Gasteiger partial charge on any atom is 0.268 e. The molecule has 0 bridgehead atoms. The lowest BCUT2D eigenvalue weighted by Gasteiger charge is -2.23. The van der Waals surface area contributed by atoms with Crippen molar-refractivity contribution < 1.29 is 14.7 Å². The van der Waals surface area contributed by atoms with Gasteiger partial charge in [-0.3, -0.25) is 9.59 Å². The highest BCUT2D eigenvalue weighted by molar-refractivity contribution is 6.23. The monoisotopic (exact) mass is 443 g/mol. The Morgan fingerprint density at radius 1 is 1.26 bits per heavy atom. The summed E-state index contributed by atoms with van der Waals surface area (Å²) in [4.78, 5) is 27.3. The summed E-state index contributed by atoms with van der Waals surface area (Å²) >= 11 is 6.32. The van der Waals surface area contributed by atoms with E-state index in [-0.39, 0.29) is 17.5 Å². The van der Waals surface area contributed by atoms with E-state index in [0.29, 0.717) is 6.42 Å². The van der Waals surface area contributed by atoms with E-state index < -0.39 is 22.4 Å². The number of alkyl halides is 1. The van der Waals surface area contributed by atoms with Crippen molar-refractivity contribution in [2.45, 2.75) is 63.5 Å². The molecule has 6 nitrogen and oxygen atoms in total. The smallest absolute Gasteiger partial charge is 0.268 e. The van der Waals surface area contributed by atoms with E-state index in [1.165, 1.54) is 0 Å². The number of nitrogens with one attached hydrogen (secondary N) is 3.